The molecule has 6 nitrogen and oxygen atoms in total. The molecule has 0 aliphatic rings. The van der Waals surface area contributed by atoms with Crippen LogP contribution in [0.2, 0.25) is 0 Å². The van der Waals surface area contributed by atoms with E-state index in [0.29, 0.717) is 19.3 Å². The molecule has 0 N–H and O–H groups in total. The van der Waals surface area contributed by atoms with E-state index in [-0.39, 0.29) is 31.1 Å². The molecule has 1 atom stereocenters. The molecule has 0 bridgehead atoms. The third-order valence-corrected chi connectivity index (χ3v) is 12.8. The molecule has 0 aromatic heterocycles. The zero-order valence-corrected chi connectivity index (χ0v) is 44.7. The molecule has 6 heteroatoms. The predicted molar refractivity (Wildman–Crippen MR) is 289 cm³/mol. The van der Waals surface area contributed by atoms with E-state index in [9.17, 15) is 14.4 Å². The SMILES string of the molecule is CCCCC/C=C\C/C=C\CCCCCCCCCC(=O)OCC(COC(=O)CCCCCCC/C=C\CCCCCCCCC)OC(=O)CCCCCCC/C=C\CCCCCCCCC. The number of carbonyl (C=O) groups excluding carboxylic acids is 3. The molecule has 390 valence electrons. The largest absolute Gasteiger partial charge is 0.462 e. The molecule has 0 rings (SSSR count). The average molecular weight is 940 g/mol. The number of rotatable bonds is 53. The molecule has 0 aliphatic heterocycles. The smallest absolute Gasteiger partial charge is 0.306 e. The molecule has 0 heterocycles. The lowest BCUT2D eigenvalue weighted by molar-refractivity contribution is -0.167. The van der Waals surface area contributed by atoms with Gasteiger partial charge in [-0.05, 0) is 103 Å². The van der Waals surface area contributed by atoms with Gasteiger partial charge >= 0.3 is 17.9 Å². The Balaban J connectivity index is 4.40. The van der Waals surface area contributed by atoms with E-state index in [0.717, 1.165) is 89.9 Å². The van der Waals surface area contributed by atoms with E-state index in [1.54, 1.807) is 0 Å². The highest BCUT2D eigenvalue weighted by Crippen LogP contribution is 2.15. The molecule has 0 aliphatic carbocycles. The van der Waals surface area contributed by atoms with Gasteiger partial charge in [0.05, 0.1) is 0 Å². The zero-order chi connectivity index (χ0) is 48.6. The van der Waals surface area contributed by atoms with E-state index in [1.165, 1.54) is 173 Å². The summed E-state index contributed by atoms with van der Waals surface area (Å²) in [5.74, 6) is -0.892. The van der Waals surface area contributed by atoms with Crippen molar-refractivity contribution in [2.45, 2.75) is 309 Å². The molecule has 0 spiro atoms. The average Bonchev–Trinajstić information content (AvgIpc) is 3.33. The first-order chi connectivity index (χ1) is 33.0. The first-order valence-corrected chi connectivity index (χ1v) is 29.1. The van der Waals surface area contributed by atoms with Crippen LogP contribution in [0.15, 0.2) is 48.6 Å². The number of hydrogen-bond acceptors (Lipinski definition) is 6. The number of esters is 3. The maximum Gasteiger partial charge on any atom is 0.306 e. The maximum atomic E-state index is 12.9. The van der Waals surface area contributed by atoms with Crippen molar-refractivity contribution < 1.29 is 28.6 Å². The molecule has 0 radical (unpaired) electrons. The number of unbranched alkanes of at least 4 members (excludes halogenated alkanes) is 34. The van der Waals surface area contributed by atoms with Crippen LogP contribution in [0.5, 0.6) is 0 Å². The predicted octanol–water partition coefficient (Wildman–Crippen LogP) is 19.4. The summed E-state index contributed by atoms with van der Waals surface area (Å²) >= 11 is 0. The van der Waals surface area contributed by atoms with Crippen molar-refractivity contribution in [3.63, 3.8) is 0 Å². The molecular weight excluding hydrogens is 829 g/mol. The summed E-state index contributed by atoms with van der Waals surface area (Å²) in [4.78, 5) is 38.2. The van der Waals surface area contributed by atoms with Crippen molar-refractivity contribution >= 4 is 17.9 Å². The van der Waals surface area contributed by atoms with E-state index in [1.807, 2.05) is 0 Å². The van der Waals surface area contributed by atoms with Gasteiger partial charge in [0.2, 0.25) is 0 Å². The van der Waals surface area contributed by atoms with Crippen LogP contribution in [0.25, 0.3) is 0 Å². The molecule has 0 saturated heterocycles. The molecule has 0 aromatic rings. The molecular formula is C61H110O6. The minimum atomic E-state index is -0.783. The minimum Gasteiger partial charge on any atom is -0.462 e. The van der Waals surface area contributed by atoms with E-state index >= 15 is 0 Å². The molecule has 1 unspecified atom stereocenters. The van der Waals surface area contributed by atoms with Crippen molar-refractivity contribution in [1.82, 2.24) is 0 Å². The third kappa shape index (κ3) is 54.2. The van der Waals surface area contributed by atoms with Gasteiger partial charge in [0.25, 0.3) is 0 Å². The fraction of sp³-hybridized carbons (Fsp3) is 0.820. The third-order valence-electron chi connectivity index (χ3n) is 12.8. The van der Waals surface area contributed by atoms with Crippen LogP contribution in [0.4, 0.5) is 0 Å². The van der Waals surface area contributed by atoms with Crippen molar-refractivity contribution in [2.24, 2.45) is 0 Å². The van der Waals surface area contributed by atoms with Crippen LogP contribution in [0.3, 0.4) is 0 Å². The fourth-order valence-corrected chi connectivity index (χ4v) is 8.35. The Hall–Kier alpha value is -2.63. The Morgan fingerprint density at radius 3 is 0.866 bits per heavy atom. The quantitative estimate of drug-likeness (QED) is 0.0262. The Morgan fingerprint density at radius 1 is 0.299 bits per heavy atom. The van der Waals surface area contributed by atoms with Crippen LogP contribution in [0.1, 0.15) is 303 Å². The Bertz CT molecular complexity index is 1170. The van der Waals surface area contributed by atoms with Crippen LogP contribution >= 0.6 is 0 Å². The van der Waals surface area contributed by atoms with Crippen LogP contribution < -0.4 is 0 Å². The monoisotopic (exact) mass is 939 g/mol. The molecule has 0 amide bonds. The van der Waals surface area contributed by atoms with Crippen LogP contribution in [0, 0.1) is 0 Å². The zero-order valence-electron chi connectivity index (χ0n) is 44.7. The second kappa shape index (κ2) is 56.0. The summed E-state index contributed by atoms with van der Waals surface area (Å²) in [5.41, 5.74) is 0. The highest BCUT2D eigenvalue weighted by molar-refractivity contribution is 5.71. The summed E-state index contributed by atoms with van der Waals surface area (Å²) < 4.78 is 16.9. The Kier molecular flexibility index (Phi) is 53.8. The molecule has 0 fully saturated rings. The van der Waals surface area contributed by atoms with Gasteiger partial charge in [-0.1, -0.05) is 230 Å². The Labute approximate surface area is 416 Å². The highest BCUT2D eigenvalue weighted by atomic mass is 16.6. The second-order valence-corrected chi connectivity index (χ2v) is 19.5. The first kappa shape index (κ1) is 64.4. The summed E-state index contributed by atoms with van der Waals surface area (Å²) in [5, 5.41) is 0. The van der Waals surface area contributed by atoms with Gasteiger partial charge in [-0.25, -0.2) is 0 Å². The number of hydrogen-bond donors (Lipinski definition) is 0. The fourth-order valence-electron chi connectivity index (χ4n) is 8.35. The van der Waals surface area contributed by atoms with Crippen molar-refractivity contribution in [3.05, 3.63) is 48.6 Å². The summed E-state index contributed by atoms with van der Waals surface area (Å²) in [6.45, 7) is 6.62. The maximum absolute atomic E-state index is 12.9. The van der Waals surface area contributed by atoms with Gasteiger partial charge in [-0.15, -0.1) is 0 Å². The standard InChI is InChI=1S/C61H110O6/c1-4-7-10-13-16-19-22-25-28-31-34-36-39-42-45-48-51-54-60(63)66-57-58(67-61(64)55-52-49-46-43-40-37-33-30-27-24-21-18-15-12-9-6-3)56-65-59(62)53-50-47-44-41-38-35-32-29-26-23-20-17-14-11-8-5-2/h16,19,25,28-30,32-33,58H,4-15,17-18,20-24,26-27,31,34-57H2,1-3H3/b19-16-,28-25-,32-29-,33-30-. The van der Waals surface area contributed by atoms with Crippen molar-refractivity contribution in [3.8, 4) is 0 Å². The first-order valence-electron chi connectivity index (χ1n) is 29.1. The van der Waals surface area contributed by atoms with Crippen LogP contribution in [-0.2, 0) is 28.6 Å². The lowest BCUT2D eigenvalue weighted by Crippen LogP contribution is -2.30. The lowest BCUT2D eigenvalue weighted by Gasteiger charge is -2.18. The topological polar surface area (TPSA) is 78.9 Å². The van der Waals surface area contributed by atoms with Gasteiger partial charge in [0, 0.05) is 19.3 Å². The Morgan fingerprint density at radius 2 is 0.537 bits per heavy atom. The summed E-state index contributed by atoms with van der Waals surface area (Å²) in [7, 11) is 0. The van der Waals surface area contributed by atoms with Gasteiger partial charge < -0.3 is 14.2 Å². The summed E-state index contributed by atoms with van der Waals surface area (Å²) in [6, 6.07) is 0. The number of carbonyl (C=O) groups is 3. The van der Waals surface area contributed by atoms with Gasteiger partial charge in [0.15, 0.2) is 6.10 Å². The minimum absolute atomic E-state index is 0.0818. The molecule has 0 saturated carbocycles. The molecule has 67 heavy (non-hydrogen) atoms. The van der Waals surface area contributed by atoms with E-state index < -0.39 is 6.10 Å². The highest BCUT2D eigenvalue weighted by Gasteiger charge is 2.19. The van der Waals surface area contributed by atoms with Gasteiger partial charge in [-0.2, -0.15) is 0 Å². The summed E-state index contributed by atoms with van der Waals surface area (Å²) in [6.07, 6.45) is 68.1. The van der Waals surface area contributed by atoms with E-state index in [4.69, 9.17) is 14.2 Å². The van der Waals surface area contributed by atoms with Gasteiger partial charge in [0.1, 0.15) is 13.2 Å². The molecule has 0 aromatic carbocycles. The lowest BCUT2D eigenvalue weighted by atomic mass is 10.1. The van der Waals surface area contributed by atoms with Crippen molar-refractivity contribution in [2.75, 3.05) is 13.2 Å². The van der Waals surface area contributed by atoms with Crippen molar-refractivity contribution in [1.29, 1.82) is 0 Å². The second-order valence-electron chi connectivity index (χ2n) is 19.5. The number of ether oxygens (including phenoxy) is 3. The number of allylic oxidation sites excluding steroid dienone is 8. The normalized spacial score (nSPS) is 12.3. The van der Waals surface area contributed by atoms with Crippen LogP contribution in [-0.4, -0.2) is 37.2 Å². The van der Waals surface area contributed by atoms with Gasteiger partial charge in [-0.3, -0.25) is 14.4 Å². The van der Waals surface area contributed by atoms with E-state index in [2.05, 4.69) is 69.4 Å².